The van der Waals surface area contributed by atoms with Crippen LogP contribution in [0.25, 0.3) is 11.3 Å². The lowest BCUT2D eigenvalue weighted by Crippen LogP contribution is -2.39. The molecule has 0 aliphatic carbocycles. The molecule has 1 aromatic carbocycles. The normalized spacial score (nSPS) is 15.1. The first kappa shape index (κ1) is 22.7. The van der Waals surface area contributed by atoms with Crippen LogP contribution >= 0.6 is 0 Å². The highest BCUT2D eigenvalue weighted by Crippen LogP contribution is 2.34. The van der Waals surface area contributed by atoms with Gasteiger partial charge in [0.15, 0.2) is 11.5 Å². The third kappa shape index (κ3) is 4.53. The number of fused-ring (bicyclic) bond motifs is 1. The highest BCUT2D eigenvalue weighted by Gasteiger charge is 2.32. The smallest absolute Gasteiger partial charge is 0.355 e. The minimum Gasteiger partial charge on any atom is -0.355 e. The lowest BCUT2D eigenvalue weighted by molar-refractivity contribution is -0.137. The van der Waals surface area contributed by atoms with Crippen molar-refractivity contribution in [3.63, 3.8) is 0 Å². The summed E-state index contributed by atoms with van der Waals surface area (Å²) in [6.07, 6.45) is -3.49. The Bertz CT molecular complexity index is 1390. The van der Waals surface area contributed by atoms with Gasteiger partial charge in [-0.2, -0.15) is 18.3 Å². The van der Waals surface area contributed by atoms with Crippen LogP contribution in [0.5, 0.6) is 0 Å². The first-order chi connectivity index (χ1) is 16.7. The number of carbonyl (C=O) groups excluding carboxylic acids is 1. The van der Waals surface area contributed by atoms with E-state index in [0.29, 0.717) is 43.1 Å². The van der Waals surface area contributed by atoms with Gasteiger partial charge in [0.1, 0.15) is 0 Å². The molecule has 3 aromatic heterocycles. The zero-order valence-corrected chi connectivity index (χ0v) is 19.0. The molecule has 4 aromatic rings. The van der Waals surface area contributed by atoms with Crippen LogP contribution in [0.1, 0.15) is 29.8 Å². The van der Waals surface area contributed by atoms with E-state index in [0.717, 1.165) is 23.5 Å². The van der Waals surface area contributed by atoms with E-state index in [1.807, 2.05) is 17.0 Å². The number of nitrogens with one attached hydrogen (secondary N) is 1. The van der Waals surface area contributed by atoms with Crippen LogP contribution in [0.4, 0.5) is 24.7 Å². The number of tetrazole rings is 1. The molecule has 13 heteroatoms. The first-order valence-corrected chi connectivity index (χ1v) is 11.1. The number of alkyl halides is 3. The Morgan fingerprint density at radius 2 is 1.83 bits per heavy atom. The Kier molecular flexibility index (Phi) is 5.61. The highest BCUT2D eigenvalue weighted by molar-refractivity contribution is 5.94. The van der Waals surface area contributed by atoms with E-state index in [1.165, 1.54) is 15.4 Å². The summed E-state index contributed by atoms with van der Waals surface area (Å²) >= 11 is 0. The zero-order chi connectivity index (χ0) is 24.7. The van der Waals surface area contributed by atoms with E-state index in [1.54, 1.807) is 19.9 Å². The van der Waals surface area contributed by atoms with Gasteiger partial charge in [0.25, 0.3) is 0 Å². The summed E-state index contributed by atoms with van der Waals surface area (Å²) in [6, 6.07) is 8.68. The number of piperidine rings is 1. The summed E-state index contributed by atoms with van der Waals surface area (Å²) in [6.45, 7) is 4.72. The molecular weight excluding hydrogens is 463 g/mol. The van der Waals surface area contributed by atoms with Crippen LogP contribution in [0.15, 0.2) is 36.4 Å². The number of hydrogen-bond donors (Lipinski definition) is 1. The molecular formula is C22H22F3N9O. The van der Waals surface area contributed by atoms with E-state index >= 15 is 0 Å². The van der Waals surface area contributed by atoms with Crippen LogP contribution in [-0.4, -0.2) is 54.0 Å². The van der Waals surface area contributed by atoms with Crippen molar-refractivity contribution in [1.29, 1.82) is 0 Å². The third-order valence-corrected chi connectivity index (χ3v) is 6.06. The number of aromatic nitrogens is 7. The number of rotatable bonds is 4. The molecule has 0 radical (unpaired) electrons. The largest absolute Gasteiger partial charge is 0.416 e. The van der Waals surface area contributed by atoms with Crippen molar-refractivity contribution in [2.24, 2.45) is 5.92 Å². The molecule has 1 aliphatic rings. The minimum atomic E-state index is -4.54. The summed E-state index contributed by atoms with van der Waals surface area (Å²) in [5.74, 6) is 0.00913. The molecule has 35 heavy (non-hydrogen) atoms. The van der Waals surface area contributed by atoms with E-state index in [9.17, 15) is 18.0 Å². The van der Waals surface area contributed by atoms with Gasteiger partial charge < -0.3 is 10.2 Å². The number of amides is 1. The average molecular weight is 485 g/mol. The topological polar surface area (TPSA) is 106 Å². The molecule has 1 saturated heterocycles. The molecule has 0 bridgehead atoms. The molecule has 0 unspecified atom stereocenters. The van der Waals surface area contributed by atoms with Crippen LogP contribution < -0.4 is 10.2 Å². The summed E-state index contributed by atoms with van der Waals surface area (Å²) in [5.41, 5.74) is 1.62. The number of anilines is 2. The van der Waals surface area contributed by atoms with E-state index in [2.05, 4.69) is 31.0 Å². The number of aryl methyl sites for hydroxylation is 2. The molecule has 1 amide bonds. The zero-order valence-electron chi connectivity index (χ0n) is 19.0. The molecule has 0 atom stereocenters. The first-order valence-electron chi connectivity index (χ1n) is 11.1. The van der Waals surface area contributed by atoms with Crippen molar-refractivity contribution in [3.05, 3.63) is 53.3 Å². The minimum absolute atomic E-state index is 0.0734. The quantitative estimate of drug-likeness (QED) is 0.473. The van der Waals surface area contributed by atoms with Gasteiger partial charge in [0.2, 0.25) is 5.91 Å². The van der Waals surface area contributed by atoms with Gasteiger partial charge in [-0.05, 0) is 73.5 Å². The van der Waals surface area contributed by atoms with E-state index < -0.39 is 11.7 Å². The second-order valence-electron chi connectivity index (χ2n) is 8.54. The number of halogens is 3. The van der Waals surface area contributed by atoms with Crippen molar-refractivity contribution in [3.8, 4) is 5.69 Å². The monoisotopic (exact) mass is 485 g/mol. The lowest BCUT2D eigenvalue weighted by atomic mass is 9.95. The summed E-state index contributed by atoms with van der Waals surface area (Å²) in [5, 5.41) is 22.7. The fourth-order valence-corrected chi connectivity index (χ4v) is 4.28. The van der Waals surface area contributed by atoms with Gasteiger partial charge >= 0.3 is 6.18 Å². The number of nitrogens with zero attached hydrogens (tertiary/aromatic N) is 8. The Labute approximate surface area is 197 Å². The second kappa shape index (κ2) is 8.64. The van der Waals surface area contributed by atoms with Gasteiger partial charge in [-0.15, -0.1) is 14.8 Å². The maximum absolute atomic E-state index is 13.4. The SMILES string of the molecule is Cc1cc(C)n(-c2ccc(C(F)(F)F)cc2NC(=O)C2CCN(c3ccc4nnnn4n3)CC2)n1. The molecule has 10 nitrogen and oxygen atoms in total. The van der Waals surface area contributed by atoms with Crippen LogP contribution in [0, 0.1) is 19.8 Å². The second-order valence-corrected chi connectivity index (χ2v) is 8.54. The van der Waals surface area contributed by atoms with E-state index in [4.69, 9.17) is 0 Å². The predicted molar refractivity (Wildman–Crippen MR) is 120 cm³/mol. The van der Waals surface area contributed by atoms with Crippen LogP contribution in [0.2, 0.25) is 0 Å². The Morgan fingerprint density at radius 1 is 1.06 bits per heavy atom. The van der Waals surface area contributed by atoms with Crippen molar-refractivity contribution < 1.29 is 18.0 Å². The summed E-state index contributed by atoms with van der Waals surface area (Å²) < 4.78 is 43.1. The van der Waals surface area contributed by atoms with E-state index in [-0.39, 0.29) is 17.5 Å². The molecule has 1 aliphatic heterocycles. The molecule has 0 saturated carbocycles. The molecule has 182 valence electrons. The van der Waals surface area contributed by atoms with Gasteiger partial charge in [-0.1, -0.05) is 0 Å². The fraction of sp³-hybridized carbons (Fsp3) is 0.364. The molecule has 1 N–H and O–H groups in total. The van der Waals surface area contributed by atoms with Gasteiger partial charge in [0.05, 0.1) is 22.6 Å². The Balaban J connectivity index is 1.34. The standard InChI is InChI=1S/C22H22F3N9O/c1-13-11-14(2)33(28-13)18-4-3-16(22(23,24)25)12-17(18)26-21(35)15-7-9-32(10-8-15)20-6-5-19-27-30-31-34(19)29-20/h3-6,11-12,15H,7-10H2,1-2H3,(H,26,35). The summed E-state index contributed by atoms with van der Waals surface area (Å²) in [7, 11) is 0. The van der Waals surface area contributed by atoms with Gasteiger partial charge in [0, 0.05) is 24.7 Å². The maximum Gasteiger partial charge on any atom is 0.416 e. The number of carbonyl (C=O) groups is 1. The lowest BCUT2D eigenvalue weighted by Gasteiger charge is -2.32. The fourth-order valence-electron chi connectivity index (χ4n) is 4.28. The average Bonchev–Trinajstić information content (AvgIpc) is 3.43. The summed E-state index contributed by atoms with van der Waals surface area (Å²) in [4.78, 5) is 15.1. The molecule has 0 spiro atoms. The van der Waals surface area contributed by atoms with Crippen molar-refractivity contribution in [1.82, 2.24) is 35.0 Å². The van der Waals surface area contributed by atoms with Crippen molar-refractivity contribution in [2.45, 2.75) is 32.9 Å². The van der Waals surface area contributed by atoms with Gasteiger partial charge in [-0.3, -0.25) is 4.79 Å². The van der Waals surface area contributed by atoms with Crippen LogP contribution in [-0.2, 0) is 11.0 Å². The molecule has 5 rings (SSSR count). The Morgan fingerprint density at radius 3 is 2.51 bits per heavy atom. The number of hydrogen-bond acceptors (Lipinski definition) is 7. The number of benzene rings is 1. The highest BCUT2D eigenvalue weighted by atomic mass is 19.4. The maximum atomic E-state index is 13.4. The van der Waals surface area contributed by atoms with Gasteiger partial charge in [-0.25, -0.2) is 4.68 Å². The van der Waals surface area contributed by atoms with Crippen molar-refractivity contribution >= 4 is 23.1 Å². The third-order valence-electron chi connectivity index (χ3n) is 6.06. The predicted octanol–water partition coefficient (Wildman–Crippen LogP) is 3.20. The Hall–Kier alpha value is -4.03. The van der Waals surface area contributed by atoms with Crippen molar-refractivity contribution in [2.75, 3.05) is 23.3 Å². The molecule has 1 fully saturated rings. The molecule has 4 heterocycles. The van der Waals surface area contributed by atoms with Crippen LogP contribution in [0.3, 0.4) is 0 Å².